The Morgan fingerprint density at radius 3 is 2.94 bits per heavy atom. The molecule has 0 saturated heterocycles. The van der Waals surface area contributed by atoms with E-state index in [0.29, 0.717) is 13.1 Å². The molecule has 4 nitrogen and oxygen atoms in total. The van der Waals surface area contributed by atoms with Gasteiger partial charge >= 0.3 is 0 Å². The number of nitrogens with one attached hydrogen (secondary N) is 1. The van der Waals surface area contributed by atoms with Gasteiger partial charge in [0.25, 0.3) is 0 Å². The fraction of sp³-hybridized carbons (Fsp3) is 0.571. The molecule has 1 N–H and O–H groups in total. The molecule has 2 rings (SSSR count). The van der Waals surface area contributed by atoms with Crippen molar-refractivity contribution in [3.05, 3.63) is 29.6 Å². The monoisotopic (exact) mass is 247 g/mol. The van der Waals surface area contributed by atoms with Crippen LogP contribution >= 0.6 is 0 Å². The third-order valence-corrected chi connectivity index (χ3v) is 3.18. The summed E-state index contributed by atoms with van der Waals surface area (Å²) in [5.41, 5.74) is 1.92. The molecule has 0 aromatic carbocycles. The first-order valence-corrected chi connectivity index (χ1v) is 6.52. The summed E-state index contributed by atoms with van der Waals surface area (Å²) in [6.07, 6.45) is 2.62. The first kappa shape index (κ1) is 13.0. The summed E-state index contributed by atoms with van der Waals surface area (Å²) in [6.45, 7) is 3.94. The average molecular weight is 247 g/mol. The van der Waals surface area contributed by atoms with Crippen LogP contribution in [-0.4, -0.2) is 35.9 Å². The van der Waals surface area contributed by atoms with Crippen LogP contribution in [0.1, 0.15) is 24.2 Å². The van der Waals surface area contributed by atoms with Gasteiger partial charge < -0.3 is 10.2 Å². The Bertz CT molecular complexity index is 415. The van der Waals surface area contributed by atoms with E-state index in [1.807, 2.05) is 32.2 Å². The number of amides is 1. The predicted octanol–water partition coefficient (Wildman–Crippen LogP) is 1.35. The predicted molar refractivity (Wildman–Crippen MR) is 71.0 cm³/mol. The van der Waals surface area contributed by atoms with Crippen molar-refractivity contribution in [1.29, 1.82) is 0 Å². The lowest BCUT2D eigenvalue weighted by atomic mass is 10.3. The third kappa shape index (κ3) is 4.11. The molecule has 4 heteroatoms. The molecule has 0 radical (unpaired) electrons. The van der Waals surface area contributed by atoms with Crippen molar-refractivity contribution < 1.29 is 4.79 Å². The number of rotatable bonds is 6. The number of hydrogen-bond acceptors (Lipinski definition) is 3. The number of hydrogen-bond donors (Lipinski definition) is 1. The zero-order valence-corrected chi connectivity index (χ0v) is 11.1. The summed E-state index contributed by atoms with van der Waals surface area (Å²) in [6, 6.07) is 5.89. The van der Waals surface area contributed by atoms with Gasteiger partial charge in [-0.25, -0.2) is 0 Å². The minimum atomic E-state index is 0.124. The number of likely N-dealkylation sites (N-methyl/N-ethyl adjacent to an activating group) is 1. The van der Waals surface area contributed by atoms with Gasteiger partial charge in [0.15, 0.2) is 0 Å². The molecule has 1 aliphatic carbocycles. The summed E-state index contributed by atoms with van der Waals surface area (Å²) < 4.78 is 0. The number of carbonyl (C=O) groups excluding carboxylic acids is 1. The zero-order chi connectivity index (χ0) is 13.0. The molecule has 1 heterocycles. The Kier molecular flexibility index (Phi) is 4.31. The van der Waals surface area contributed by atoms with Crippen LogP contribution in [0.25, 0.3) is 0 Å². The van der Waals surface area contributed by atoms with E-state index in [1.165, 1.54) is 12.8 Å². The highest BCUT2D eigenvalue weighted by Gasteiger charge is 2.21. The molecule has 0 aliphatic heterocycles. The van der Waals surface area contributed by atoms with E-state index in [2.05, 4.69) is 10.3 Å². The van der Waals surface area contributed by atoms with E-state index in [1.54, 1.807) is 4.90 Å². The molecule has 0 spiro atoms. The van der Waals surface area contributed by atoms with Gasteiger partial charge in [-0.15, -0.1) is 0 Å². The van der Waals surface area contributed by atoms with Crippen molar-refractivity contribution in [1.82, 2.24) is 15.2 Å². The highest BCUT2D eigenvalue weighted by Crippen LogP contribution is 2.27. The Morgan fingerprint density at radius 1 is 1.50 bits per heavy atom. The topological polar surface area (TPSA) is 45.2 Å². The first-order valence-electron chi connectivity index (χ1n) is 6.52. The summed E-state index contributed by atoms with van der Waals surface area (Å²) in [4.78, 5) is 18.0. The summed E-state index contributed by atoms with van der Waals surface area (Å²) in [7, 11) is 1.82. The van der Waals surface area contributed by atoms with E-state index >= 15 is 0 Å². The van der Waals surface area contributed by atoms with Crippen LogP contribution in [0.3, 0.4) is 0 Å². The molecule has 1 fully saturated rings. The highest BCUT2D eigenvalue weighted by molar-refractivity contribution is 5.77. The number of aryl methyl sites for hydroxylation is 1. The van der Waals surface area contributed by atoms with Crippen molar-refractivity contribution in [2.75, 3.05) is 20.1 Å². The number of aromatic nitrogens is 1. The Hall–Kier alpha value is -1.42. The van der Waals surface area contributed by atoms with Crippen LogP contribution < -0.4 is 5.32 Å². The molecule has 0 bridgehead atoms. The summed E-state index contributed by atoms with van der Waals surface area (Å²) in [5, 5.41) is 3.21. The van der Waals surface area contributed by atoms with E-state index in [-0.39, 0.29) is 5.91 Å². The second-order valence-corrected chi connectivity index (χ2v) is 5.09. The Labute approximate surface area is 108 Å². The molecular weight excluding hydrogens is 226 g/mol. The van der Waals surface area contributed by atoms with Gasteiger partial charge in [0.2, 0.25) is 5.91 Å². The van der Waals surface area contributed by atoms with Gasteiger partial charge in [-0.05, 0) is 44.4 Å². The molecule has 1 aromatic heterocycles. The molecule has 1 amide bonds. The van der Waals surface area contributed by atoms with Crippen LogP contribution in [0.15, 0.2) is 18.2 Å². The lowest BCUT2D eigenvalue weighted by Crippen LogP contribution is -2.36. The van der Waals surface area contributed by atoms with E-state index in [9.17, 15) is 4.79 Å². The molecule has 1 aromatic rings. The van der Waals surface area contributed by atoms with Gasteiger partial charge in [-0.1, -0.05) is 6.07 Å². The Morgan fingerprint density at radius 2 is 2.28 bits per heavy atom. The SMILES string of the molecule is Cc1cccc(CN(C)C(=O)CNCC2CC2)n1. The van der Waals surface area contributed by atoms with Crippen molar-refractivity contribution in [2.45, 2.75) is 26.3 Å². The molecular formula is C14H21N3O. The maximum absolute atomic E-state index is 11.9. The average Bonchev–Trinajstić information content (AvgIpc) is 3.13. The van der Waals surface area contributed by atoms with Gasteiger partial charge in [0, 0.05) is 12.7 Å². The number of carbonyl (C=O) groups is 1. The second-order valence-electron chi connectivity index (χ2n) is 5.09. The van der Waals surface area contributed by atoms with E-state index in [4.69, 9.17) is 0 Å². The van der Waals surface area contributed by atoms with Crippen molar-refractivity contribution in [3.63, 3.8) is 0 Å². The van der Waals surface area contributed by atoms with Gasteiger partial charge in [-0.3, -0.25) is 9.78 Å². The first-order chi connectivity index (χ1) is 8.65. The third-order valence-electron chi connectivity index (χ3n) is 3.18. The molecule has 0 unspecified atom stereocenters. The largest absolute Gasteiger partial charge is 0.339 e. The second kappa shape index (κ2) is 5.96. The van der Waals surface area contributed by atoms with E-state index < -0.39 is 0 Å². The van der Waals surface area contributed by atoms with Crippen LogP contribution in [0.2, 0.25) is 0 Å². The zero-order valence-electron chi connectivity index (χ0n) is 11.1. The molecule has 1 saturated carbocycles. The lowest BCUT2D eigenvalue weighted by molar-refractivity contribution is -0.129. The van der Waals surface area contributed by atoms with Crippen molar-refractivity contribution in [2.24, 2.45) is 5.92 Å². The van der Waals surface area contributed by atoms with E-state index in [0.717, 1.165) is 23.9 Å². The van der Waals surface area contributed by atoms with Crippen molar-refractivity contribution in [3.8, 4) is 0 Å². The Balaban J connectivity index is 1.75. The van der Waals surface area contributed by atoms with Crippen LogP contribution in [0.4, 0.5) is 0 Å². The smallest absolute Gasteiger partial charge is 0.236 e. The van der Waals surface area contributed by atoms with Crippen LogP contribution in [-0.2, 0) is 11.3 Å². The van der Waals surface area contributed by atoms with Gasteiger partial charge in [0.05, 0.1) is 18.8 Å². The quantitative estimate of drug-likeness (QED) is 0.825. The number of nitrogens with zero attached hydrogens (tertiary/aromatic N) is 2. The van der Waals surface area contributed by atoms with Crippen molar-refractivity contribution >= 4 is 5.91 Å². The maximum Gasteiger partial charge on any atom is 0.236 e. The molecule has 1 aliphatic rings. The number of pyridine rings is 1. The normalized spacial score (nSPS) is 14.6. The van der Waals surface area contributed by atoms with Gasteiger partial charge in [0.1, 0.15) is 0 Å². The minimum Gasteiger partial charge on any atom is -0.339 e. The lowest BCUT2D eigenvalue weighted by Gasteiger charge is -2.17. The molecule has 18 heavy (non-hydrogen) atoms. The molecule has 0 atom stereocenters. The standard InChI is InChI=1S/C14H21N3O/c1-11-4-3-5-13(16-11)10-17(2)14(18)9-15-8-12-6-7-12/h3-5,12,15H,6-10H2,1-2H3. The maximum atomic E-state index is 11.9. The highest BCUT2D eigenvalue weighted by atomic mass is 16.2. The minimum absolute atomic E-state index is 0.124. The summed E-state index contributed by atoms with van der Waals surface area (Å²) >= 11 is 0. The van der Waals surface area contributed by atoms with Crippen LogP contribution in [0.5, 0.6) is 0 Å². The summed E-state index contributed by atoms with van der Waals surface area (Å²) in [5.74, 6) is 0.931. The molecule has 98 valence electrons. The fourth-order valence-corrected chi connectivity index (χ4v) is 1.86. The van der Waals surface area contributed by atoms with Gasteiger partial charge in [-0.2, -0.15) is 0 Å². The fourth-order valence-electron chi connectivity index (χ4n) is 1.86. The van der Waals surface area contributed by atoms with Crippen LogP contribution in [0, 0.1) is 12.8 Å².